The van der Waals surface area contributed by atoms with E-state index in [1.807, 2.05) is 49.0 Å². The summed E-state index contributed by atoms with van der Waals surface area (Å²) in [6, 6.07) is 8.37. The molecule has 2 aliphatic rings. The van der Waals surface area contributed by atoms with E-state index in [2.05, 4.69) is 40.3 Å². The monoisotopic (exact) mass is 473 g/mol. The predicted octanol–water partition coefficient (Wildman–Crippen LogP) is 5.63. The van der Waals surface area contributed by atoms with Crippen molar-refractivity contribution in [2.75, 3.05) is 31.5 Å². The minimum Gasteiger partial charge on any atom is -0.354 e. The van der Waals surface area contributed by atoms with E-state index < -0.39 is 0 Å². The van der Waals surface area contributed by atoms with Crippen LogP contribution in [0, 0.1) is 0 Å². The van der Waals surface area contributed by atoms with Crippen molar-refractivity contribution in [2.45, 2.75) is 65.3 Å². The molecule has 0 radical (unpaired) electrons. The number of nitrogens with zero attached hydrogens (tertiary/aromatic N) is 6. The lowest BCUT2D eigenvalue weighted by atomic mass is 10.1. The Morgan fingerprint density at radius 2 is 1.94 bits per heavy atom. The summed E-state index contributed by atoms with van der Waals surface area (Å²) >= 11 is 0. The molecule has 2 aliphatic heterocycles. The summed E-state index contributed by atoms with van der Waals surface area (Å²) in [7, 11) is 0. The Hall–Kier alpha value is -3.06. The SMILES string of the molecule is CC.CC1CCC=CC(c2nn3ccccc3c2-c2ccnc(NCCCN3CCCCC3)n2)=N1. The van der Waals surface area contributed by atoms with Crippen LogP contribution in [0.2, 0.25) is 0 Å². The fourth-order valence-corrected chi connectivity index (χ4v) is 4.72. The molecule has 0 aliphatic carbocycles. The van der Waals surface area contributed by atoms with Crippen LogP contribution in [0.15, 0.2) is 53.8 Å². The van der Waals surface area contributed by atoms with Gasteiger partial charge in [0.05, 0.1) is 22.5 Å². The Balaban J connectivity index is 0.00000141. The normalized spacial score (nSPS) is 18.5. The number of pyridine rings is 1. The number of aliphatic imine (C=N–C) groups is 1. The molecule has 0 amide bonds. The molecule has 1 unspecified atom stereocenters. The third kappa shape index (κ3) is 6.34. The number of likely N-dealkylation sites (tertiary alicyclic amines) is 1. The summed E-state index contributed by atoms with van der Waals surface area (Å²) in [6.45, 7) is 10.6. The van der Waals surface area contributed by atoms with Crippen molar-refractivity contribution in [3.05, 3.63) is 54.5 Å². The van der Waals surface area contributed by atoms with E-state index in [9.17, 15) is 0 Å². The largest absolute Gasteiger partial charge is 0.354 e. The van der Waals surface area contributed by atoms with Crippen LogP contribution in [0.3, 0.4) is 0 Å². The highest BCUT2D eigenvalue weighted by Crippen LogP contribution is 2.29. The van der Waals surface area contributed by atoms with Gasteiger partial charge in [-0.25, -0.2) is 14.5 Å². The summed E-state index contributed by atoms with van der Waals surface area (Å²) in [5, 5.41) is 8.32. The Morgan fingerprint density at radius 3 is 2.80 bits per heavy atom. The third-order valence-corrected chi connectivity index (χ3v) is 6.46. The van der Waals surface area contributed by atoms with Crippen molar-refractivity contribution in [2.24, 2.45) is 4.99 Å². The number of fused-ring (bicyclic) bond motifs is 1. The highest BCUT2D eigenvalue weighted by atomic mass is 15.2. The molecule has 7 nitrogen and oxygen atoms in total. The first-order chi connectivity index (χ1) is 17.3. The molecule has 0 spiro atoms. The lowest BCUT2D eigenvalue weighted by Gasteiger charge is -2.26. The van der Waals surface area contributed by atoms with E-state index in [4.69, 9.17) is 15.1 Å². The Kier molecular flexibility index (Phi) is 9.01. The van der Waals surface area contributed by atoms with Gasteiger partial charge in [-0.15, -0.1) is 0 Å². The molecule has 1 N–H and O–H groups in total. The van der Waals surface area contributed by atoms with Gasteiger partial charge < -0.3 is 10.2 Å². The number of rotatable bonds is 7. The third-order valence-electron chi connectivity index (χ3n) is 6.46. The average molecular weight is 474 g/mol. The summed E-state index contributed by atoms with van der Waals surface area (Å²) in [5.41, 5.74) is 4.70. The highest BCUT2D eigenvalue weighted by molar-refractivity contribution is 6.13. The first-order valence-corrected chi connectivity index (χ1v) is 13.3. The maximum atomic E-state index is 4.95. The predicted molar refractivity (Wildman–Crippen MR) is 145 cm³/mol. The molecule has 0 aromatic carbocycles. The molecule has 7 heteroatoms. The molecule has 35 heavy (non-hydrogen) atoms. The summed E-state index contributed by atoms with van der Waals surface area (Å²) in [5.74, 6) is 0.666. The van der Waals surface area contributed by atoms with E-state index in [-0.39, 0.29) is 6.04 Å². The van der Waals surface area contributed by atoms with Crippen LogP contribution < -0.4 is 5.32 Å². The number of allylic oxidation sites excluding steroid dienone is 2. The standard InChI is InChI=1S/C26H33N7.C2H6/c1-20-10-3-4-11-22(29-20)25-24(23-12-5-8-19-33(23)31-25)21-13-15-28-26(30-21)27-14-9-18-32-16-6-2-7-17-32;1-2/h4-5,8,11-13,15,19-20H,2-3,6-7,9-10,14,16-18H2,1H3,(H,27,28,30);1-2H3. The van der Waals surface area contributed by atoms with E-state index in [0.717, 1.165) is 60.5 Å². The molecular formula is C28H39N7. The van der Waals surface area contributed by atoms with Gasteiger partial charge in [-0.3, -0.25) is 4.99 Å². The van der Waals surface area contributed by atoms with Crippen molar-refractivity contribution >= 4 is 17.2 Å². The van der Waals surface area contributed by atoms with Gasteiger partial charge in [-0.05, 0) is 82.9 Å². The molecule has 5 rings (SSSR count). The second-order valence-corrected chi connectivity index (χ2v) is 9.05. The van der Waals surface area contributed by atoms with Gasteiger partial charge in [-0.1, -0.05) is 32.4 Å². The van der Waals surface area contributed by atoms with Crippen molar-refractivity contribution in [1.29, 1.82) is 0 Å². The van der Waals surface area contributed by atoms with Gasteiger partial charge in [0.1, 0.15) is 5.69 Å². The van der Waals surface area contributed by atoms with Crippen LogP contribution in [-0.2, 0) is 0 Å². The first-order valence-electron chi connectivity index (χ1n) is 13.3. The van der Waals surface area contributed by atoms with Gasteiger partial charge in [0.15, 0.2) is 0 Å². The maximum Gasteiger partial charge on any atom is 0.223 e. The Bertz CT molecular complexity index is 1140. The smallest absolute Gasteiger partial charge is 0.223 e. The van der Waals surface area contributed by atoms with Crippen LogP contribution in [0.25, 0.3) is 16.8 Å². The van der Waals surface area contributed by atoms with Crippen molar-refractivity contribution in [3.8, 4) is 11.3 Å². The van der Waals surface area contributed by atoms with Gasteiger partial charge in [0.25, 0.3) is 0 Å². The molecule has 1 saturated heterocycles. The van der Waals surface area contributed by atoms with Gasteiger partial charge in [0.2, 0.25) is 5.95 Å². The van der Waals surface area contributed by atoms with E-state index in [1.54, 1.807) is 0 Å². The second-order valence-electron chi connectivity index (χ2n) is 9.05. The second kappa shape index (κ2) is 12.6. The fourth-order valence-electron chi connectivity index (χ4n) is 4.72. The zero-order chi connectivity index (χ0) is 24.5. The topological polar surface area (TPSA) is 70.7 Å². The average Bonchev–Trinajstić information content (AvgIpc) is 3.16. The molecule has 1 atom stereocenters. The molecule has 5 heterocycles. The van der Waals surface area contributed by atoms with E-state index in [1.165, 1.54) is 32.4 Å². The van der Waals surface area contributed by atoms with Crippen LogP contribution in [0.4, 0.5) is 5.95 Å². The van der Waals surface area contributed by atoms with Crippen LogP contribution in [0.5, 0.6) is 0 Å². The lowest BCUT2D eigenvalue weighted by Crippen LogP contribution is -2.31. The van der Waals surface area contributed by atoms with E-state index in [0.29, 0.717) is 5.95 Å². The summed E-state index contributed by atoms with van der Waals surface area (Å²) < 4.78 is 1.92. The van der Waals surface area contributed by atoms with Crippen molar-refractivity contribution < 1.29 is 0 Å². The molecule has 0 saturated carbocycles. The van der Waals surface area contributed by atoms with Crippen molar-refractivity contribution in [3.63, 3.8) is 0 Å². The van der Waals surface area contributed by atoms with Gasteiger partial charge in [0, 0.05) is 25.0 Å². The molecule has 186 valence electrons. The number of aromatic nitrogens is 4. The summed E-state index contributed by atoms with van der Waals surface area (Å²) in [6.07, 6.45) is 15.3. The molecule has 3 aromatic rings. The zero-order valence-corrected chi connectivity index (χ0v) is 21.5. The quantitative estimate of drug-likeness (QED) is 0.450. The molecular weight excluding hydrogens is 434 g/mol. The zero-order valence-electron chi connectivity index (χ0n) is 21.5. The van der Waals surface area contributed by atoms with Gasteiger partial charge >= 0.3 is 0 Å². The Morgan fingerprint density at radius 1 is 1.09 bits per heavy atom. The number of piperidine rings is 1. The number of nitrogens with one attached hydrogen (secondary N) is 1. The minimum atomic E-state index is 0.273. The maximum absolute atomic E-state index is 4.95. The highest BCUT2D eigenvalue weighted by Gasteiger charge is 2.21. The number of anilines is 1. The molecule has 0 bridgehead atoms. The van der Waals surface area contributed by atoms with Crippen LogP contribution in [-0.4, -0.2) is 62.4 Å². The number of hydrogen-bond donors (Lipinski definition) is 1. The molecule has 1 fully saturated rings. The summed E-state index contributed by atoms with van der Waals surface area (Å²) in [4.78, 5) is 16.9. The van der Waals surface area contributed by atoms with Crippen LogP contribution in [0.1, 0.15) is 65.0 Å². The van der Waals surface area contributed by atoms with E-state index >= 15 is 0 Å². The number of hydrogen-bond acceptors (Lipinski definition) is 6. The van der Waals surface area contributed by atoms with Crippen molar-refractivity contribution in [1.82, 2.24) is 24.5 Å². The Labute approximate surface area is 209 Å². The van der Waals surface area contributed by atoms with Crippen LogP contribution >= 0.6 is 0 Å². The molecule has 3 aromatic heterocycles. The lowest BCUT2D eigenvalue weighted by molar-refractivity contribution is 0.228. The first kappa shape index (κ1) is 25.0. The fraction of sp³-hybridized carbons (Fsp3) is 0.500. The minimum absolute atomic E-state index is 0.273. The van der Waals surface area contributed by atoms with Gasteiger partial charge in [-0.2, -0.15) is 5.10 Å².